The molecule has 6 heteroatoms. The average Bonchev–Trinajstić information content (AvgIpc) is 2.45. The first-order valence-electron chi connectivity index (χ1n) is 3.97. The van der Waals surface area contributed by atoms with Gasteiger partial charge in [0, 0.05) is 20.8 Å². The van der Waals surface area contributed by atoms with Gasteiger partial charge in [-0.25, -0.2) is 0 Å². The van der Waals surface area contributed by atoms with E-state index in [0.717, 1.165) is 16.7 Å². The van der Waals surface area contributed by atoms with Crippen molar-refractivity contribution in [1.82, 2.24) is 0 Å². The van der Waals surface area contributed by atoms with Crippen molar-refractivity contribution in [3.63, 3.8) is 0 Å². The van der Waals surface area contributed by atoms with Crippen LogP contribution in [0.3, 0.4) is 0 Å². The SMILES string of the molecule is CC[C@@H](N)c1scc(C(F)(F)F)c1Br. The molecule has 1 rings (SSSR count). The predicted octanol–water partition coefficient (Wildman–Crippen LogP) is 3.94. The van der Waals surface area contributed by atoms with E-state index in [1.54, 1.807) is 0 Å². The van der Waals surface area contributed by atoms with Gasteiger partial charge in [0.25, 0.3) is 0 Å². The van der Waals surface area contributed by atoms with E-state index < -0.39 is 11.7 Å². The third-order valence-electron chi connectivity index (χ3n) is 1.84. The predicted molar refractivity (Wildman–Crippen MR) is 54.2 cm³/mol. The van der Waals surface area contributed by atoms with E-state index in [1.165, 1.54) is 0 Å². The summed E-state index contributed by atoms with van der Waals surface area (Å²) >= 11 is 3.98. The van der Waals surface area contributed by atoms with Crippen molar-refractivity contribution in [3.8, 4) is 0 Å². The first-order chi connectivity index (χ1) is 6.38. The van der Waals surface area contributed by atoms with Crippen LogP contribution in [-0.4, -0.2) is 0 Å². The van der Waals surface area contributed by atoms with Crippen LogP contribution in [0.15, 0.2) is 9.85 Å². The van der Waals surface area contributed by atoms with E-state index in [2.05, 4.69) is 15.9 Å². The summed E-state index contributed by atoms with van der Waals surface area (Å²) in [5.74, 6) is 0. The average molecular weight is 288 g/mol. The molecular formula is C8H9BrF3NS. The molecule has 2 N–H and O–H groups in total. The zero-order chi connectivity index (χ0) is 10.9. The van der Waals surface area contributed by atoms with Crippen LogP contribution in [0.4, 0.5) is 13.2 Å². The molecule has 1 atom stereocenters. The molecule has 0 fully saturated rings. The van der Waals surface area contributed by atoms with E-state index >= 15 is 0 Å². The van der Waals surface area contributed by atoms with Gasteiger partial charge in [0.1, 0.15) is 0 Å². The van der Waals surface area contributed by atoms with Gasteiger partial charge < -0.3 is 5.73 Å². The summed E-state index contributed by atoms with van der Waals surface area (Å²) in [6, 6.07) is -0.328. The molecule has 0 amide bonds. The molecule has 0 saturated carbocycles. The highest BCUT2D eigenvalue weighted by Crippen LogP contribution is 2.42. The monoisotopic (exact) mass is 287 g/mol. The molecule has 1 heterocycles. The molecule has 1 aromatic heterocycles. The molecule has 0 aliphatic rings. The van der Waals surface area contributed by atoms with Crippen molar-refractivity contribution in [2.45, 2.75) is 25.6 Å². The van der Waals surface area contributed by atoms with E-state index in [0.29, 0.717) is 11.3 Å². The van der Waals surface area contributed by atoms with Crippen LogP contribution in [0.2, 0.25) is 0 Å². The number of hydrogen-bond donors (Lipinski definition) is 1. The molecular weight excluding hydrogens is 279 g/mol. The summed E-state index contributed by atoms with van der Waals surface area (Å²) in [6.45, 7) is 1.84. The molecule has 80 valence electrons. The van der Waals surface area contributed by atoms with Crippen molar-refractivity contribution >= 4 is 27.3 Å². The molecule has 0 aliphatic carbocycles. The Morgan fingerprint density at radius 2 is 2.14 bits per heavy atom. The third kappa shape index (κ3) is 2.29. The zero-order valence-electron chi connectivity index (χ0n) is 7.36. The Bertz CT molecular complexity index is 321. The topological polar surface area (TPSA) is 26.0 Å². The summed E-state index contributed by atoms with van der Waals surface area (Å²) in [7, 11) is 0. The minimum absolute atomic E-state index is 0.0874. The minimum atomic E-state index is -4.30. The highest BCUT2D eigenvalue weighted by atomic mass is 79.9. The Kier molecular flexibility index (Phi) is 3.60. The Morgan fingerprint density at radius 1 is 1.57 bits per heavy atom. The van der Waals surface area contributed by atoms with Gasteiger partial charge in [0.2, 0.25) is 0 Å². The van der Waals surface area contributed by atoms with Gasteiger partial charge in [0.15, 0.2) is 0 Å². The fraction of sp³-hybridized carbons (Fsp3) is 0.500. The maximum Gasteiger partial charge on any atom is 0.418 e. The molecule has 1 nitrogen and oxygen atoms in total. The molecule has 1 aromatic rings. The van der Waals surface area contributed by atoms with Crippen LogP contribution in [0.5, 0.6) is 0 Å². The standard InChI is InChI=1S/C8H9BrF3NS/c1-2-5(13)7-6(9)4(3-14-7)8(10,11)12/h3,5H,2,13H2,1H3/t5-/m1/s1. The number of nitrogens with two attached hydrogens (primary N) is 1. The van der Waals surface area contributed by atoms with Crippen molar-refractivity contribution in [2.75, 3.05) is 0 Å². The van der Waals surface area contributed by atoms with Gasteiger partial charge in [-0.2, -0.15) is 13.2 Å². The second kappa shape index (κ2) is 4.20. The number of halogens is 4. The van der Waals surface area contributed by atoms with Crippen LogP contribution in [0.1, 0.15) is 29.8 Å². The van der Waals surface area contributed by atoms with Crippen molar-refractivity contribution in [1.29, 1.82) is 0 Å². The zero-order valence-corrected chi connectivity index (χ0v) is 9.76. The second-order valence-corrected chi connectivity index (χ2v) is 4.54. The van der Waals surface area contributed by atoms with Gasteiger partial charge in [-0.3, -0.25) is 0 Å². The van der Waals surface area contributed by atoms with Crippen LogP contribution < -0.4 is 5.73 Å². The largest absolute Gasteiger partial charge is 0.418 e. The molecule has 0 spiro atoms. The summed E-state index contributed by atoms with van der Waals surface area (Å²) in [6.07, 6.45) is -3.68. The number of hydrogen-bond acceptors (Lipinski definition) is 2. The number of alkyl halides is 3. The molecule has 0 unspecified atom stereocenters. The van der Waals surface area contributed by atoms with Gasteiger partial charge in [0.05, 0.1) is 5.56 Å². The first kappa shape index (κ1) is 12.0. The van der Waals surface area contributed by atoms with Gasteiger partial charge in [-0.05, 0) is 22.4 Å². The lowest BCUT2D eigenvalue weighted by Crippen LogP contribution is -2.09. The summed E-state index contributed by atoms with van der Waals surface area (Å²) in [5.41, 5.74) is 5.03. The molecule has 0 radical (unpaired) electrons. The summed E-state index contributed by atoms with van der Waals surface area (Å²) < 4.78 is 37.2. The van der Waals surface area contributed by atoms with Crippen molar-refractivity contribution < 1.29 is 13.2 Å². The van der Waals surface area contributed by atoms with Crippen LogP contribution in [0.25, 0.3) is 0 Å². The van der Waals surface area contributed by atoms with Crippen molar-refractivity contribution in [2.24, 2.45) is 5.73 Å². The normalized spacial score (nSPS) is 14.4. The van der Waals surface area contributed by atoms with E-state index in [-0.39, 0.29) is 10.5 Å². The Hall–Kier alpha value is -0.0700. The van der Waals surface area contributed by atoms with E-state index in [1.807, 2.05) is 6.92 Å². The fourth-order valence-corrected chi connectivity index (χ4v) is 3.10. The molecule has 0 aromatic carbocycles. The van der Waals surface area contributed by atoms with Gasteiger partial charge in [-0.15, -0.1) is 11.3 Å². The molecule has 0 bridgehead atoms. The van der Waals surface area contributed by atoms with E-state index in [9.17, 15) is 13.2 Å². The van der Waals surface area contributed by atoms with Crippen LogP contribution in [-0.2, 0) is 6.18 Å². The van der Waals surface area contributed by atoms with Crippen LogP contribution >= 0.6 is 27.3 Å². The molecule has 14 heavy (non-hydrogen) atoms. The first-order valence-corrected chi connectivity index (χ1v) is 5.64. The summed E-state index contributed by atoms with van der Waals surface area (Å²) in [5, 5.41) is 1.09. The highest BCUT2D eigenvalue weighted by Gasteiger charge is 2.35. The number of rotatable bonds is 2. The maximum atomic E-state index is 12.4. The smallest absolute Gasteiger partial charge is 0.323 e. The van der Waals surface area contributed by atoms with Gasteiger partial charge >= 0.3 is 6.18 Å². The number of thiophene rings is 1. The quantitative estimate of drug-likeness (QED) is 0.876. The molecule has 0 saturated heterocycles. The lowest BCUT2D eigenvalue weighted by Gasteiger charge is -2.08. The van der Waals surface area contributed by atoms with Crippen LogP contribution in [0, 0.1) is 0 Å². The Labute approximate surface area is 92.2 Å². The Morgan fingerprint density at radius 3 is 2.50 bits per heavy atom. The fourth-order valence-electron chi connectivity index (χ4n) is 0.985. The third-order valence-corrected chi connectivity index (χ3v) is 4.07. The highest BCUT2D eigenvalue weighted by molar-refractivity contribution is 9.10. The van der Waals surface area contributed by atoms with Crippen molar-refractivity contribution in [3.05, 3.63) is 20.3 Å². The summed E-state index contributed by atoms with van der Waals surface area (Å²) in [4.78, 5) is 0.555. The maximum absolute atomic E-state index is 12.4. The lowest BCUT2D eigenvalue weighted by atomic mass is 10.2. The Balaban J connectivity index is 3.09. The lowest BCUT2D eigenvalue weighted by molar-refractivity contribution is -0.137. The molecule has 0 aliphatic heterocycles. The van der Waals surface area contributed by atoms with Gasteiger partial charge in [-0.1, -0.05) is 6.92 Å². The second-order valence-electron chi connectivity index (χ2n) is 2.84. The minimum Gasteiger partial charge on any atom is -0.323 e. The van der Waals surface area contributed by atoms with E-state index in [4.69, 9.17) is 5.73 Å².